The van der Waals surface area contributed by atoms with Gasteiger partial charge in [0.15, 0.2) is 22.8 Å². The van der Waals surface area contributed by atoms with E-state index in [1.54, 1.807) is 20.8 Å². The van der Waals surface area contributed by atoms with Gasteiger partial charge in [-0.05, 0) is 33.8 Å². The fourth-order valence-corrected chi connectivity index (χ4v) is 8.72. The molecule has 11 heteroatoms. The number of phenols is 4. The molecule has 0 saturated carbocycles. The van der Waals surface area contributed by atoms with E-state index in [2.05, 4.69) is 0 Å². The Hall–Kier alpha value is -3.48. The highest BCUT2D eigenvalue weighted by atomic mass is 16.8. The lowest BCUT2D eigenvalue weighted by atomic mass is 9.52. The third-order valence-electron chi connectivity index (χ3n) is 9.91. The Bertz CT molecular complexity index is 1680. The fourth-order valence-electron chi connectivity index (χ4n) is 8.72. The first-order chi connectivity index (χ1) is 19.3. The molecule has 8 rings (SSSR count). The third kappa shape index (κ3) is 2.48. The molecule has 0 radical (unpaired) electrons. The summed E-state index contributed by atoms with van der Waals surface area (Å²) in [5, 5.41) is 57.3. The summed E-state index contributed by atoms with van der Waals surface area (Å²) in [7, 11) is 0. The maximum atomic E-state index is 14.3. The Balaban J connectivity index is 1.60. The summed E-state index contributed by atoms with van der Waals surface area (Å²) in [6.07, 6.45) is -3.58. The number of Topliss-reactive ketones (excluding diaryl/α,β-unsaturated/α-hetero) is 2. The van der Waals surface area contributed by atoms with Crippen LogP contribution in [0.4, 0.5) is 0 Å². The van der Waals surface area contributed by atoms with Crippen molar-refractivity contribution in [3.8, 4) is 23.0 Å². The lowest BCUT2D eigenvalue weighted by Gasteiger charge is -2.60. The maximum absolute atomic E-state index is 14.3. The largest absolute Gasteiger partial charge is 0.508 e. The molecule has 0 amide bonds. The maximum Gasteiger partial charge on any atom is 0.221 e. The van der Waals surface area contributed by atoms with Gasteiger partial charge in [-0.25, -0.2) is 0 Å². The van der Waals surface area contributed by atoms with E-state index >= 15 is 0 Å². The van der Waals surface area contributed by atoms with E-state index in [9.17, 15) is 35.1 Å². The normalized spacial score (nSPS) is 41.5. The summed E-state index contributed by atoms with van der Waals surface area (Å²) in [4.78, 5) is 28.4. The van der Waals surface area contributed by atoms with Crippen molar-refractivity contribution >= 4 is 11.6 Å². The quantitative estimate of drug-likeness (QED) is 0.318. The Morgan fingerprint density at radius 3 is 2.29 bits per heavy atom. The van der Waals surface area contributed by atoms with Gasteiger partial charge in [0.1, 0.15) is 29.1 Å². The molecule has 4 heterocycles. The molecule has 11 nitrogen and oxygen atoms in total. The van der Waals surface area contributed by atoms with Gasteiger partial charge in [-0.15, -0.1) is 0 Å². The van der Waals surface area contributed by atoms with Crippen molar-refractivity contribution in [2.24, 2.45) is 5.92 Å². The van der Waals surface area contributed by atoms with Crippen molar-refractivity contribution in [3.63, 3.8) is 0 Å². The van der Waals surface area contributed by atoms with Gasteiger partial charge in [-0.1, -0.05) is 0 Å². The van der Waals surface area contributed by atoms with Crippen molar-refractivity contribution in [1.29, 1.82) is 0 Å². The summed E-state index contributed by atoms with van der Waals surface area (Å²) >= 11 is 0. The number of hydrogen-bond acceptors (Lipinski definition) is 11. The number of ether oxygens (including phenoxy) is 4. The van der Waals surface area contributed by atoms with Crippen LogP contribution in [0.5, 0.6) is 23.0 Å². The molecule has 41 heavy (non-hydrogen) atoms. The van der Waals surface area contributed by atoms with Crippen molar-refractivity contribution in [2.45, 2.75) is 81.6 Å². The van der Waals surface area contributed by atoms with Crippen molar-refractivity contribution in [1.82, 2.24) is 0 Å². The number of ketones is 2. The number of phenolic OH excluding ortho intramolecular Hbond substituents is 4. The average Bonchev–Trinajstić information content (AvgIpc) is 3.19. The number of carbonyl (C=O) groups is 2. The molecular formula is C30H28O11. The highest BCUT2D eigenvalue weighted by Crippen LogP contribution is 2.73. The van der Waals surface area contributed by atoms with Crippen LogP contribution in [0, 0.1) is 5.92 Å². The van der Waals surface area contributed by atoms with E-state index in [-0.39, 0.29) is 45.9 Å². The molecule has 6 aliphatic rings. The van der Waals surface area contributed by atoms with E-state index in [1.165, 1.54) is 0 Å². The number of carbonyl (C=O) groups excluding carboxylic acids is 2. The second-order valence-corrected chi connectivity index (χ2v) is 12.1. The molecule has 2 spiro atoms. The second-order valence-electron chi connectivity index (χ2n) is 12.1. The third-order valence-corrected chi connectivity index (χ3v) is 9.91. The highest BCUT2D eigenvalue weighted by Gasteiger charge is 2.83. The van der Waals surface area contributed by atoms with Crippen LogP contribution in [0.2, 0.25) is 0 Å². The standard InChI is InChI=1S/C30H28O11/c1-9-5-15-19(10(2)38-9)25(35)21-17(33)8-18(34)23-24(21)30(15)40-27-12(4)39-11(3)22-26(36)20-14(6-13(31)7-16(20)32)28(23,37)29(22,27)41-30/h6-12,22,27,31-34,37H,5H2,1-4H3/t9-,10-,11-,12-,22+,27-,28+,29+,30+/m1/s1. The molecule has 5 N–H and O–H groups in total. The summed E-state index contributed by atoms with van der Waals surface area (Å²) in [6.45, 7) is 6.92. The first-order valence-corrected chi connectivity index (χ1v) is 13.7. The summed E-state index contributed by atoms with van der Waals surface area (Å²) in [6, 6.07) is 3.10. The Kier molecular flexibility index (Phi) is 4.49. The molecule has 4 aliphatic heterocycles. The highest BCUT2D eigenvalue weighted by molar-refractivity contribution is 6.15. The predicted molar refractivity (Wildman–Crippen MR) is 137 cm³/mol. The Labute approximate surface area is 233 Å². The Morgan fingerprint density at radius 2 is 1.56 bits per heavy atom. The SMILES string of the molecule is C[C@@H]1CC2=C(C(=O)c3c(O)cc(O)c4c3[C@]23O[C@@H]2[C@@H](C)O[C@H](C)[C@H]5C(=O)c6c(O)cc(O)cc6[C@@]4(O)[C@@]25O3)[C@@H](C)O1. The van der Waals surface area contributed by atoms with Crippen LogP contribution in [0.25, 0.3) is 0 Å². The van der Waals surface area contributed by atoms with Gasteiger partial charge < -0.3 is 44.5 Å². The van der Waals surface area contributed by atoms with Crippen LogP contribution in [0.3, 0.4) is 0 Å². The minimum absolute atomic E-state index is 0.0793. The monoisotopic (exact) mass is 564 g/mol. The second kappa shape index (κ2) is 7.29. The molecular weight excluding hydrogens is 536 g/mol. The van der Waals surface area contributed by atoms with Gasteiger partial charge in [0, 0.05) is 46.4 Å². The molecule has 2 aromatic rings. The van der Waals surface area contributed by atoms with E-state index < -0.39 is 81.9 Å². The Morgan fingerprint density at radius 1 is 0.854 bits per heavy atom. The van der Waals surface area contributed by atoms with Crippen molar-refractivity contribution < 1.29 is 54.1 Å². The molecule has 2 bridgehead atoms. The van der Waals surface area contributed by atoms with Gasteiger partial charge >= 0.3 is 0 Å². The average molecular weight is 565 g/mol. The molecule has 9 atom stereocenters. The van der Waals surface area contributed by atoms with Crippen LogP contribution >= 0.6 is 0 Å². The number of rotatable bonds is 0. The van der Waals surface area contributed by atoms with E-state index in [0.717, 1.165) is 18.2 Å². The van der Waals surface area contributed by atoms with Gasteiger partial charge in [-0.2, -0.15) is 0 Å². The molecule has 2 fully saturated rings. The van der Waals surface area contributed by atoms with Gasteiger partial charge in [-0.3, -0.25) is 9.59 Å². The number of benzene rings is 2. The van der Waals surface area contributed by atoms with E-state index in [1.807, 2.05) is 6.92 Å². The van der Waals surface area contributed by atoms with Gasteiger partial charge in [0.25, 0.3) is 0 Å². The van der Waals surface area contributed by atoms with Crippen LogP contribution in [0.15, 0.2) is 29.3 Å². The van der Waals surface area contributed by atoms with Gasteiger partial charge in [0.05, 0.1) is 41.5 Å². The number of fused-ring (bicyclic) bond motifs is 3. The first-order valence-electron chi connectivity index (χ1n) is 13.7. The summed E-state index contributed by atoms with van der Waals surface area (Å²) < 4.78 is 26.0. The van der Waals surface area contributed by atoms with Crippen LogP contribution < -0.4 is 0 Å². The van der Waals surface area contributed by atoms with Crippen LogP contribution in [-0.4, -0.2) is 73.2 Å². The van der Waals surface area contributed by atoms with Crippen molar-refractivity contribution in [2.75, 3.05) is 0 Å². The molecule has 0 aromatic heterocycles. The predicted octanol–water partition coefficient (Wildman–Crippen LogP) is 2.38. The van der Waals surface area contributed by atoms with Crippen LogP contribution in [-0.2, 0) is 30.3 Å². The first kappa shape index (κ1) is 25.2. The number of aliphatic hydroxyl groups is 1. The lowest BCUT2D eigenvalue weighted by Crippen LogP contribution is -2.75. The fraction of sp³-hybridized carbons (Fsp3) is 0.467. The topological polar surface area (TPSA) is 172 Å². The molecule has 2 saturated heterocycles. The minimum Gasteiger partial charge on any atom is -0.508 e. The van der Waals surface area contributed by atoms with Gasteiger partial charge in [0.2, 0.25) is 5.79 Å². The smallest absolute Gasteiger partial charge is 0.221 e. The molecule has 0 unspecified atom stereocenters. The minimum atomic E-state index is -2.45. The number of hydrogen-bond donors (Lipinski definition) is 5. The molecule has 2 aliphatic carbocycles. The molecule has 2 aromatic carbocycles. The zero-order valence-corrected chi connectivity index (χ0v) is 22.6. The van der Waals surface area contributed by atoms with E-state index in [0.29, 0.717) is 5.57 Å². The van der Waals surface area contributed by atoms with Crippen LogP contribution in [0.1, 0.15) is 71.5 Å². The summed E-state index contributed by atoms with van der Waals surface area (Å²) in [5.41, 5.74) is -4.72. The lowest BCUT2D eigenvalue weighted by molar-refractivity contribution is -0.272. The summed E-state index contributed by atoms with van der Waals surface area (Å²) in [5.74, 6) is -6.43. The van der Waals surface area contributed by atoms with Crippen molar-refractivity contribution in [3.05, 3.63) is 57.2 Å². The zero-order valence-electron chi connectivity index (χ0n) is 22.6. The molecule has 214 valence electrons. The number of aromatic hydroxyl groups is 4. The van der Waals surface area contributed by atoms with E-state index in [4.69, 9.17) is 18.9 Å². The zero-order chi connectivity index (χ0) is 29.1.